The Morgan fingerprint density at radius 3 is 2.21 bits per heavy atom. The molecule has 0 spiro atoms. The van der Waals surface area contributed by atoms with E-state index >= 15 is 0 Å². The number of amides is 2. The highest BCUT2D eigenvalue weighted by molar-refractivity contribution is 5.71. The van der Waals surface area contributed by atoms with Crippen LogP contribution in [-0.4, -0.2) is 58.4 Å². The van der Waals surface area contributed by atoms with Crippen LogP contribution in [0.3, 0.4) is 0 Å². The summed E-state index contributed by atoms with van der Waals surface area (Å²) in [6.07, 6.45) is -0.0363. The standard InChI is InChI=1S/C11H18N2O4.C7H6/c1-11(2,3)17-10(16)13-5-7-4-12(9(14)15)6-8(7)13;1-2-6-4-7(3-1)5-6/h7-8H,4-6H2,1-3H3,(H,14,15);1-4H,5H2. The van der Waals surface area contributed by atoms with Crippen LogP contribution in [0.4, 0.5) is 9.59 Å². The molecular weight excluding hydrogens is 308 g/mol. The van der Waals surface area contributed by atoms with Crippen molar-refractivity contribution in [3.05, 3.63) is 35.4 Å². The highest BCUT2D eigenvalue weighted by atomic mass is 16.6. The second kappa shape index (κ2) is 6.00. The van der Waals surface area contributed by atoms with Crippen molar-refractivity contribution in [1.29, 1.82) is 0 Å². The molecule has 2 amide bonds. The van der Waals surface area contributed by atoms with Gasteiger partial charge in [-0.25, -0.2) is 9.59 Å². The van der Waals surface area contributed by atoms with Crippen molar-refractivity contribution in [2.45, 2.75) is 38.8 Å². The first-order valence-corrected chi connectivity index (χ1v) is 8.28. The van der Waals surface area contributed by atoms with Crippen LogP contribution < -0.4 is 0 Å². The first kappa shape index (κ1) is 16.6. The summed E-state index contributed by atoms with van der Waals surface area (Å²) < 4.78 is 5.27. The van der Waals surface area contributed by atoms with Gasteiger partial charge in [-0.05, 0) is 38.3 Å². The Morgan fingerprint density at radius 1 is 1.17 bits per heavy atom. The number of carbonyl (C=O) groups excluding carboxylic acids is 1. The molecule has 2 unspecified atom stereocenters. The fraction of sp³-hybridized carbons (Fsp3) is 0.556. The number of likely N-dealkylation sites (tertiary alicyclic amines) is 2. The second-order valence-corrected chi connectivity index (χ2v) is 7.64. The van der Waals surface area contributed by atoms with E-state index in [9.17, 15) is 9.59 Å². The minimum Gasteiger partial charge on any atom is -0.465 e. The summed E-state index contributed by atoms with van der Waals surface area (Å²) in [7, 11) is 0. The SMILES string of the molecule is CC(C)(C)OC(=O)N1CC2CN(C(=O)O)CC21.c1cc2cc(c1)C2. The highest BCUT2D eigenvalue weighted by Crippen LogP contribution is 2.33. The van der Waals surface area contributed by atoms with Gasteiger partial charge in [0, 0.05) is 25.6 Å². The number of nitrogens with zero attached hydrogens (tertiary/aromatic N) is 2. The molecule has 6 nitrogen and oxygen atoms in total. The third kappa shape index (κ3) is 3.47. The molecule has 2 aliphatic heterocycles. The smallest absolute Gasteiger partial charge is 0.410 e. The van der Waals surface area contributed by atoms with Gasteiger partial charge in [0.15, 0.2) is 0 Å². The molecular formula is C18H24N2O4. The van der Waals surface area contributed by atoms with Gasteiger partial charge in [-0.15, -0.1) is 0 Å². The number of carbonyl (C=O) groups is 2. The van der Waals surface area contributed by atoms with Crippen LogP contribution in [-0.2, 0) is 11.2 Å². The Bertz CT molecular complexity index is 628. The average Bonchev–Trinajstić information content (AvgIpc) is 2.75. The first-order chi connectivity index (χ1) is 11.2. The van der Waals surface area contributed by atoms with Crippen molar-refractivity contribution in [1.82, 2.24) is 9.80 Å². The maximum absolute atomic E-state index is 11.8. The van der Waals surface area contributed by atoms with Crippen LogP contribution in [0.5, 0.6) is 0 Å². The Morgan fingerprint density at radius 2 is 1.79 bits per heavy atom. The largest absolute Gasteiger partial charge is 0.465 e. The molecule has 2 atom stereocenters. The fourth-order valence-corrected chi connectivity index (χ4v) is 3.28. The van der Waals surface area contributed by atoms with Gasteiger partial charge in [0.05, 0.1) is 6.04 Å². The molecule has 6 heteroatoms. The number of hydrogen-bond acceptors (Lipinski definition) is 3. The molecule has 24 heavy (non-hydrogen) atoms. The van der Waals surface area contributed by atoms with Crippen LogP contribution in [0.2, 0.25) is 0 Å². The maximum Gasteiger partial charge on any atom is 0.410 e. The minimum absolute atomic E-state index is 0.000880. The molecule has 2 heterocycles. The Labute approximate surface area is 142 Å². The van der Waals surface area contributed by atoms with E-state index < -0.39 is 11.7 Å². The lowest BCUT2D eigenvalue weighted by Crippen LogP contribution is -2.59. The van der Waals surface area contributed by atoms with Crippen LogP contribution >= 0.6 is 0 Å². The van der Waals surface area contributed by atoms with Gasteiger partial charge in [-0.3, -0.25) is 0 Å². The van der Waals surface area contributed by atoms with E-state index in [2.05, 4.69) is 24.3 Å². The van der Waals surface area contributed by atoms with Crippen molar-refractivity contribution in [2.75, 3.05) is 19.6 Å². The normalized spacial score (nSPS) is 23.3. The lowest BCUT2D eigenvalue weighted by atomic mass is 9.93. The first-order valence-electron chi connectivity index (χ1n) is 8.28. The lowest BCUT2D eigenvalue weighted by molar-refractivity contribution is -0.0164. The van der Waals surface area contributed by atoms with E-state index in [1.165, 1.54) is 22.4 Å². The number of fused-ring (bicyclic) bond motifs is 3. The zero-order chi connectivity index (χ0) is 17.5. The predicted octanol–water partition coefficient (Wildman–Crippen LogP) is 2.81. The molecule has 1 aromatic rings. The summed E-state index contributed by atoms with van der Waals surface area (Å²) in [6, 6.07) is 8.65. The summed E-state index contributed by atoms with van der Waals surface area (Å²) in [6.45, 7) is 6.99. The Kier molecular flexibility index (Phi) is 4.15. The van der Waals surface area contributed by atoms with Crippen LogP contribution in [0.15, 0.2) is 24.3 Å². The molecule has 5 rings (SSSR count). The van der Waals surface area contributed by atoms with E-state index in [0.717, 1.165) is 0 Å². The predicted molar refractivity (Wildman–Crippen MR) is 89.1 cm³/mol. The van der Waals surface area contributed by atoms with Crippen molar-refractivity contribution >= 4 is 12.2 Å². The van der Waals surface area contributed by atoms with Crippen LogP contribution in [0, 0.1) is 5.92 Å². The Hall–Kier alpha value is -2.24. The molecule has 1 N–H and O–H groups in total. The monoisotopic (exact) mass is 332 g/mol. The zero-order valence-electron chi connectivity index (χ0n) is 14.4. The molecule has 2 saturated heterocycles. The number of hydrogen-bond donors (Lipinski definition) is 1. The number of carboxylic acid groups (broad SMARTS) is 1. The van der Waals surface area contributed by atoms with Crippen LogP contribution in [0.1, 0.15) is 31.9 Å². The van der Waals surface area contributed by atoms with E-state index in [4.69, 9.17) is 9.84 Å². The molecule has 2 aliphatic carbocycles. The Balaban J connectivity index is 0.000000198. The maximum atomic E-state index is 11.8. The van der Waals surface area contributed by atoms with Crippen molar-refractivity contribution < 1.29 is 19.4 Å². The van der Waals surface area contributed by atoms with E-state index in [1.54, 1.807) is 4.90 Å². The third-order valence-corrected chi connectivity index (χ3v) is 4.54. The topological polar surface area (TPSA) is 70.1 Å². The highest BCUT2D eigenvalue weighted by Gasteiger charge is 2.50. The fourth-order valence-electron chi connectivity index (χ4n) is 3.28. The summed E-state index contributed by atoms with van der Waals surface area (Å²) in [5.74, 6) is 0.276. The van der Waals surface area contributed by atoms with Crippen molar-refractivity contribution in [2.24, 2.45) is 5.92 Å². The van der Waals surface area contributed by atoms with Gasteiger partial charge in [-0.2, -0.15) is 0 Å². The van der Waals surface area contributed by atoms with Crippen molar-refractivity contribution in [3.63, 3.8) is 0 Å². The minimum atomic E-state index is -0.913. The zero-order valence-corrected chi connectivity index (χ0v) is 14.4. The second-order valence-electron chi connectivity index (χ2n) is 7.64. The van der Waals surface area contributed by atoms with Gasteiger partial charge in [-0.1, -0.05) is 24.3 Å². The number of rotatable bonds is 0. The van der Waals surface area contributed by atoms with Crippen LogP contribution in [0.25, 0.3) is 0 Å². The quantitative estimate of drug-likeness (QED) is 0.805. The third-order valence-electron chi connectivity index (χ3n) is 4.54. The van der Waals surface area contributed by atoms with Gasteiger partial charge >= 0.3 is 12.2 Å². The summed E-state index contributed by atoms with van der Waals surface area (Å²) in [4.78, 5) is 25.6. The van der Waals surface area contributed by atoms with Gasteiger partial charge < -0.3 is 19.6 Å². The molecule has 2 fully saturated rings. The number of ether oxygens (including phenoxy) is 1. The molecule has 4 aliphatic rings. The molecule has 1 aromatic carbocycles. The molecule has 2 bridgehead atoms. The van der Waals surface area contributed by atoms with Gasteiger partial charge in [0.1, 0.15) is 5.60 Å². The summed E-state index contributed by atoms with van der Waals surface area (Å²) in [5.41, 5.74) is 2.46. The molecule has 0 radical (unpaired) electrons. The molecule has 130 valence electrons. The number of benzene rings is 1. The summed E-state index contributed by atoms with van der Waals surface area (Å²) in [5, 5.41) is 8.88. The van der Waals surface area contributed by atoms with E-state index in [1.807, 2.05) is 20.8 Å². The van der Waals surface area contributed by atoms with Crippen molar-refractivity contribution in [3.8, 4) is 0 Å². The molecule has 0 aromatic heterocycles. The summed E-state index contributed by atoms with van der Waals surface area (Å²) >= 11 is 0. The van der Waals surface area contributed by atoms with E-state index in [-0.39, 0.29) is 18.1 Å². The van der Waals surface area contributed by atoms with Gasteiger partial charge in [0.2, 0.25) is 0 Å². The molecule has 0 saturated carbocycles. The average molecular weight is 332 g/mol. The van der Waals surface area contributed by atoms with Gasteiger partial charge in [0.25, 0.3) is 0 Å². The lowest BCUT2D eigenvalue weighted by Gasteiger charge is -2.43. The van der Waals surface area contributed by atoms with E-state index in [0.29, 0.717) is 19.6 Å².